The van der Waals surface area contributed by atoms with E-state index in [1.165, 1.54) is 16.4 Å². The molecule has 140 valence electrons. The van der Waals surface area contributed by atoms with Gasteiger partial charge in [0.2, 0.25) is 10.0 Å². The predicted octanol–water partition coefficient (Wildman–Crippen LogP) is 3.80. The number of aryl methyl sites for hydroxylation is 1. The second kappa shape index (κ2) is 6.94. The first-order valence-electron chi connectivity index (χ1n) is 8.94. The smallest absolute Gasteiger partial charge is 0.243 e. The molecule has 0 atom stereocenters. The number of rotatable bonds is 3. The van der Waals surface area contributed by atoms with Crippen molar-refractivity contribution in [1.29, 1.82) is 0 Å². The first kappa shape index (κ1) is 17.9. The topological polar surface area (TPSA) is 40.6 Å². The molecule has 3 aromatic carbocycles. The molecule has 0 saturated carbocycles. The molecule has 4 nitrogen and oxygen atoms in total. The average molecular weight is 384 g/mol. The maximum absolute atomic E-state index is 13.1. The van der Waals surface area contributed by atoms with Crippen LogP contribution in [0.2, 0.25) is 0 Å². The number of fused-ring (bicyclic) bond motifs is 1. The molecule has 0 aliphatic carbocycles. The van der Waals surface area contributed by atoms with Gasteiger partial charge in [-0.25, -0.2) is 12.8 Å². The maximum atomic E-state index is 13.1. The molecule has 4 rings (SSSR count). The van der Waals surface area contributed by atoms with E-state index in [1.807, 2.05) is 31.2 Å². The van der Waals surface area contributed by atoms with E-state index >= 15 is 0 Å². The standard InChI is InChI=1S/C21H21FN2O2S/c1-16-2-3-18-15-21(9-4-17(18)14-16)27(25,26)24-12-10-23(11-13-24)20-7-5-19(22)6-8-20/h2-9,14-15H,10-13H2,1H3. The van der Waals surface area contributed by atoms with Crippen molar-refractivity contribution in [3.63, 3.8) is 0 Å². The largest absolute Gasteiger partial charge is 0.369 e. The Morgan fingerprint density at radius 2 is 1.44 bits per heavy atom. The number of sulfonamides is 1. The van der Waals surface area contributed by atoms with Crippen LogP contribution in [0.3, 0.4) is 0 Å². The molecule has 1 aliphatic heterocycles. The van der Waals surface area contributed by atoms with Crippen LogP contribution in [0.4, 0.5) is 10.1 Å². The summed E-state index contributed by atoms with van der Waals surface area (Å²) in [4.78, 5) is 2.41. The lowest BCUT2D eigenvalue weighted by molar-refractivity contribution is 0.385. The van der Waals surface area contributed by atoms with Gasteiger partial charge in [-0.15, -0.1) is 0 Å². The van der Waals surface area contributed by atoms with Gasteiger partial charge in [-0.3, -0.25) is 0 Å². The molecule has 0 N–H and O–H groups in total. The van der Waals surface area contributed by atoms with Crippen LogP contribution in [-0.4, -0.2) is 38.9 Å². The van der Waals surface area contributed by atoms with Gasteiger partial charge in [0.15, 0.2) is 0 Å². The van der Waals surface area contributed by atoms with E-state index in [0.29, 0.717) is 31.1 Å². The summed E-state index contributed by atoms with van der Waals surface area (Å²) in [6.45, 7) is 4.00. The summed E-state index contributed by atoms with van der Waals surface area (Å²) < 4.78 is 40.7. The van der Waals surface area contributed by atoms with Gasteiger partial charge in [0.25, 0.3) is 0 Å². The van der Waals surface area contributed by atoms with E-state index in [4.69, 9.17) is 0 Å². The number of hydrogen-bond acceptors (Lipinski definition) is 3. The van der Waals surface area contributed by atoms with Crippen LogP contribution in [-0.2, 0) is 10.0 Å². The fourth-order valence-corrected chi connectivity index (χ4v) is 4.95. The van der Waals surface area contributed by atoms with Gasteiger partial charge in [-0.05, 0) is 54.1 Å². The number of nitrogens with zero attached hydrogens (tertiary/aromatic N) is 2. The predicted molar refractivity (Wildman–Crippen MR) is 106 cm³/mol. The SMILES string of the molecule is Cc1ccc2cc(S(=O)(=O)N3CCN(c4ccc(F)cc4)CC3)ccc2c1. The summed E-state index contributed by atoms with van der Waals surface area (Å²) in [6, 6.07) is 17.6. The lowest BCUT2D eigenvalue weighted by Crippen LogP contribution is -2.48. The average Bonchev–Trinajstić information content (AvgIpc) is 2.68. The van der Waals surface area contributed by atoms with Gasteiger partial charge in [0.1, 0.15) is 5.82 Å². The minimum absolute atomic E-state index is 0.272. The Morgan fingerprint density at radius 3 is 2.15 bits per heavy atom. The van der Waals surface area contributed by atoms with E-state index in [9.17, 15) is 12.8 Å². The number of halogens is 1. The van der Waals surface area contributed by atoms with Gasteiger partial charge in [0.05, 0.1) is 4.90 Å². The van der Waals surface area contributed by atoms with Crippen molar-refractivity contribution in [2.45, 2.75) is 11.8 Å². The molecule has 1 fully saturated rings. The minimum Gasteiger partial charge on any atom is -0.369 e. The normalized spacial score (nSPS) is 16.0. The molecule has 6 heteroatoms. The molecular formula is C21H21FN2O2S. The van der Waals surface area contributed by atoms with Gasteiger partial charge >= 0.3 is 0 Å². The van der Waals surface area contributed by atoms with Crippen molar-refractivity contribution in [2.75, 3.05) is 31.1 Å². The molecule has 0 unspecified atom stereocenters. The molecule has 27 heavy (non-hydrogen) atoms. The molecular weight excluding hydrogens is 363 g/mol. The summed E-state index contributed by atoms with van der Waals surface area (Å²) in [5.74, 6) is -0.272. The molecule has 0 bridgehead atoms. The number of benzene rings is 3. The van der Waals surface area contributed by atoms with E-state index in [-0.39, 0.29) is 5.82 Å². The fraction of sp³-hybridized carbons (Fsp3) is 0.238. The minimum atomic E-state index is -3.53. The highest BCUT2D eigenvalue weighted by Gasteiger charge is 2.28. The van der Waals surface area contributed by atoms with Crippen molar-refractivity contribution in [1.82, 2.24) is 4.31 Å². The number of piperazine rings is 1. The maximum Gasteiger partial charge on any atom is 0.243 e. The summed E-state index contributed by atoms with van der Waals surface area (Å²) >= 11 is 0. The van der Waals surface area contributed by atoms with Crippen LogP contribution >= 0.6 is 0 Å². The Bertz CT molecular complexity index is 1070. The van der Waals surface area contributed by atoms with Crippen molar-refractivity contribution < 1.29 is 12.8 Å². The zero-order valence-electron chi connectivity index (χ0n) is 15.1. The van der Waals surface area contributed by atoms with Crippen LogP contribution in [0.15, 0.2) is 65.6 Å². The Morgan fingerprint density at radius 1 is 0.815 bits per heavy atom. The van der Waals surface area contributed by atoms with Crippen LogP contribution < -0.4 is 4.90 Å². The summed E-state index contributed by atoms with van der Waals surface area (Å²) in [6.07, 6.45) is 0. The van der Waals surface area contributed by atoms with Gasteiger partial charge in [-0.2, -0.15) is 4.31 Å². The van der Waals surface area contributed by atoms with Crippen LogP contribution in [0.25, 0.3) is 10.8 Å². The molecule has 3 aromatic rings. The summed E-state index contributed by atoms with van der Waals surface area (Å²) in [7, 11) is -3.53. The molecule has 0 amide bonds. The van der Waals surface area contributed by atoms with Gasteiger partial charge < -0.3 is 4.90 Å². The lowest BCUT2D eigenvalue weighted by atomic mass is 10.1. The third-order valence-electron chi connectivity index (χ3n) is 5.04. The monoisotopic (exact) mass is 384 g/mol. The van der Waals surface area contributed by atoms with E-state index in [1.54, 1.807) is 24.3 Å². The zero-order valence-corrected chi connectivity index (χ0v) is 15.9. The fourth-order valence-electron chi connectivity index (χ4n) is 3.49. The van der Waals surface area contributed by atoms with Crippen LogP contribution in [0.5, 0.6) is 0 Å². The van der Waals surface area contributed by atoms with Crippen molar-refractivity contribution >= 4 is 26.5 Å². The zero-order chi connectivity index (χ0) is 19.0. The van der Waals surface area contributed by atoms with E-state index < -0.39 is 10.0 Å². The molecule has 0 spiro atoms. The summed E-state index contributed by atoms with van der Waals surface area (Å²) in [5, 5.41) is 1.96. The third kappa shape index (κ3) is 3.55. The second-order valence-corrected chi connectivity index (χ2v) is 8.82. The van der Waals surface area contributed by atoms with Crippen LogP contribution in [0.1, 0.15) is 5.56 Å². The highest BCUT2D eigenvalue weighted by molar-refractivity contribution is 7.89. The molecule has 1 aliphatic rings. The molecule has 1 heterocycles. The lowest BCUT2D eigenvalue weighted by Gasteiger charge is -2.35. The first-order chi connectivity index (χ1) is 12.9. The second-order valence-electron chi connectivity index (χ2n) is 6.88. The summed E-state index contributed by atoms with van der Waals surface area (Å²) in [5.41, 5.74) is 2.06. The first-order valence-corrected chi connectivity index (χ1v) is 10.4. The van der Waals surface area contributed by atoms with Crippen molar-refractivity contribution in [3.05, 3.63) is 72.0 Å². The Kier molecular flexibility index (Phi) is 4.61. The van der Waals surface area contributed by atoms with Gasteiger partial charge in [-0.1, -0.05) is 29.8 Å². The van der Waals surface area contributed by atoms with E-state index in [0.717, 1.165) is 22.0 Å². The Hall–Kier alpha value is -2.44. The van der Waals surface area contributed by atoms with Crippen molar-refractivity contribution in [2.24, 2.45) is 0 Å². The number of anilines is 1. The highest BCUT2D eigenvalue weighted by atomic mass is 32.2. The van der Waals surface area contributed by atoms with Crippen molar-refractivity contribution in [3.8, 4) is 0 Å². The Labute approximate surface area is 158 Å². The van der Waals surface area contributed by atoms with Gasteiger partial charge in [0, 0.05) is 31.9 Å². The quantitative estimate of drug-likeness (QED) is 0.690. The van der Waals surface area contributed by atoms with E-state index in [2.05, 4.69) is 4.90 Å². The third-order valence-corrected chi connectivity index (χ3v) is 6.93. The molecule has 0 radical (unpaired) electrons. The van der Waals surface area contributed by atoms with Crippen LogP contribution in [0, 0.1) is 12.7 Å². The highest BCUT2D eigenvalue weighted by Crippen LogP contribution is 2.25. The number of hydrogen-bond donors (Lipinski definition) is 0. The Balaban J connectivity index is 1.53. The molecule has 1 saturated heterocycles. The molecule has 0 aromatic heterocycles.